The number of aliphatic hydroxyl groups is 2. The number of nitrogens with one attached hydrogen (secondary N) is 1. The topological polar surface area (TPSA) is 178 Å². The van der Waals surface area contributed by atoms with Crippen molar-refractivity contribution >= 4 is 67.1 Å². The monoisotopic (exact) mass is 990 g/mol. The van der Waals surface area contributed by atoms with Crippen LogP contribution in [0.15, 0.2) is 60.7 Å². The van der Waals surface area contributed by atoms with E-state index in [0.29, 0.717) is 30.6 Å². The van der Waals surface area contributed by atoms with Crippen LogP contribution in [0.2, 0.25) is 0 Å². The summed E-state index contributed by atoms with van der Waals surface area (Å²) in [5.74, 6) is -0.749. The number of ether oxygens (including phenoxy) is 2. The highest BCUT2D eigenvalue weighted by Crippen LogP contribution is 2.41. The smallest absolute Gasteiger partial charge is 0.316 e. The number of piperidine rings is 2. The Morgan fingerprint density at radius 1 is 0.667 bits per heavy atom. The Balaban J connectivity index is 0.000000171. The Morgan fingerprint density at radius 2 is 1.11 bits per heavy atom. The van der Waals surface area contributed by atoms with Gasteiger partial charge in [-0.25, -0.2) is 0 Å². The third-order valence-corrected chi connectivity index (χ3v) is 20.0. The van der Waals surface area contributed by atoms with Gasteiger partial charge in [0.05, 0.1) is 32.3 Å². The highest BCUT2D eigenvalue weighted by molar-refractivity contribution is 8.77. The molecule has 0 radical (unpaired) electrons. The first-order valence-electron chi connectivity index (χ1n) is 24.2. The number of carbonyl (C=O) groups excluding carboxylic acids is 3. The Hall–Kier alpha value is -2.44. The number of aliphatic carboxylic acids is 2. The third kappa shape index (κ3) is 18.1. The van der Waals surface area contributed by atoms with Gasteiger partial charge >= 0.3 is 17.9 Å². The summed E-state index contributed by atoms with van der Waals surface area (Å²) in [7, 11) is 12.2. The number of hydrogen-bond acceptors (Lipinski definition) is 14. The number of quaternary nitrogens is 1. The molecule has 0 aromatic heterocycles. The van der Waals surface area contributed by atoms with Crippen LogP contribution in [-0.2, 0) is 28.7 Å². The predicted molar refractivity (Wildman–Crippen MR) is 266 cm³/mol. The number of benzene rings is 2. The van der Waals surface area contributed by atoms with Crippen LogP contribution in [0.5, 0.6) is 0 Å². The molecule has 6 saturated heterocycles. The fourth-order valence-corrected chi connectivity index (χ4v) is 16.1. The van der Waals surface area contributed by atoms with Crippen LogP contribution < -0.4 is 10.0 Å². The zero-order valence-corrected chi connectivity index (χ0v) is 42.1. The number of unbranched alkanes of at least 4 members (excludes halogenated alkanes) is 2. The molecule has 0 aliphatic carbocycles. The zero-order chi connectivity index (χ0) is 47.3. The quantitative estimate of drug-likeness (QED) is 0.0706. The number of aliphatic hydroxyl groups excluding tert-OH is 2. The summed E-state index contributed by atoms with van der Waals surface area (Å²) in [6.07, 6.45) is 18.0. The van der Waals surface area contributed by atoms with Crippen LogP contribution in [0.25, 0.3) is 0 Å². The molecule has 6 aliphatic heterocycles. The highest BCUT2D eigenvalue weighted by Gasteiger charge is 2.44. The van der Waals surface area contributed by atoms with Gasteiger partial charge in [-0.2, -0.15) is 0 Å². The maximum absolute atomic E-state index is 12.4. The molecule has 2 aromatic carbocycles. The lowest BCUT2D eigenvalue weighted by atomic mass is 9.98. The van der Waals surface area contributed by atoms with E-state index in [-0.39, 0.29) is 43.8 Å². The van der Waals surface area contributed by atoms with Crippen LogP contribution in [0.1, 0.15) is 139 Å². The second-order valence-electron chi connectivity index (χ2n) is 18.5. The summed E-state index contributed by atoms with van der Waals surface area (Å²) in [5, 5.41) is 39.1. The number of hydrogen-bond donors (Lipinski definition) is 4. The molecule has 7 unspecified atom stereocenters. The maximum atomic E-state index is 12.4. The van der Waals surface area contributed by atoms with Crippen LogP contribution in [0, 0.1) is 0 Å². The molecule has 6 heterocycles. The van der Waals surface area contributed by atoms with Crippen molar-refractivity contribution in [2.75, 3.05) is 38.8 Å². The second kappa shape index (κ2) is 29.6. The first-order chi connectivity index (χ1) is 31.9. The molecule has 0 amide bonds. The van der Waals surface area contributed by atoms with Gasteiger partial charge in [0.15, 0.2) is 0 Å². The molecule has 4 N–H and O–H groups in total. The number of nitrogens with zero attached hydrogens (tertiary/aromatic N) is 1. The van der Waals surface area contributed by atoms with Crippen molar-refractivity contribution in [3.8, 4) is 0 Å². The minimum Gasteiger partial charge on any atom is -0.550 e. The molecule has 6 fully saturated rings. The van der Waals surface area contributed by atoms with Crippen LogP contribution in [-0.4, -0.2) is 130 Å². The van der Waals surface area contributed by atoms with Crippen molar-refractivity contribution in [2.24, 2.45) is 0 Å². The average molecular weight is 991 g/mol. The van der Waals surface area contributed by atoms with Crippen molar-refractivity contribution in [1.82, 2.24) is 4.90 Å². The molecular weight excluding hydrogens is 917 g/mol. The minimum absolute atomic E-state index is 0.00367. The zero-order valence-electron chi connectivity index (χ0n) is 38.9. The molecule has 12 nitrogen and oxygen atoms in total. The molecule has 4 bridgehead atoms. The number of esters is 2. The summed E-state index contributed by atoms with van der Waals surface area (Å²) >= 11 is 0. The molecule has 8 rings (SSSR count). The standard InChI is InChI=1S/2C17H23NO3.2C8H14O2S2/c2*1-18-13-7-8-14(18)10-15(9-13)21-17(20)16(11-19)12-5-3-2-4-6-12;2*9-8(10)4-2-1-3-7-5-6-11-12-7/h2*2-6,13-16,19H,7-11H2,1H3;2*7H,1-6H2,(H,9,10)/t2*13-,14?,15?,16?;2*7-/m0011/s1. The lowest BCUT2D eigenvalue weighted by Gasteiger charge is -2.36. The van der Waals surface area contributed by atoms with Gasteiger partial charge in [0.1, 0.15) is 24.0 Å². The van der Waals surface area contributed by atoms with E-state index in [1.807, 2.05) is 104 Å². The molecule has 0 saturated carbocycles. The van der Waals surface area contributed by atoms with Crippen molar-refractivity contribution in [3.63, 3.8) is 0 Å². The molecule has 66 heavy (non-hydrogen) atoms. The van der Waals surface area contributed by atoms with E-state index in [1.54, 1.807) is 4.90 Å². The van der Waals surface area contributed by atoms with E-state index in [1.165, 1.54) is 62.9 Å². The van der Waals surface area contributed by atoms with Crippen molar-refractivity contribution < 1.29 is 54.0 Å². The molecule has 2 aromatic rings. The number of fused-ring (bicyclic) bond motifs is 4. The Labute approximate surface area is 408 Å². The SMILES string of the molecule is CN1C2CC[C@H]1CC(OC(=O)C(CO)c1ccccc1)C2.C[NH+]1C2CC[C@H]1CC(OC(=O)C(CO)c1ccccc1)C2.O=C(O)CCCC[C@@H]1CCSS1.O=C([O-])CCCC[C@@H]1CCSS1. The van der Waals surface area contributed by atoms with Gasteiger partial charge < -0.3 is 44.5 Å². The van der Waals surface area contributed by atoms with Crippen LogP contribution in [0.4, 0.5) is 0 Å². The molecule has 16 heteroatoms. The average Bonchev–Trinajstić information content (AvgIpc) is 4.10. The van der Waals surface area contributed by atoms with E-state index >= 15 is 0 Å². The second-order valence-corrected chi connectivity index (χ2v) is 24.1. The lowest BCUT2D eigenvalue weighted by molar-refractivity contribution is -0.923. The van der Waals surface area contributed by atoms with Gasteiger partial charge in [-0.1, -0.05) is 117 Å². The molecule has 0 spiro atoms. The van der Waals surface area contributed by atoms with E-state index in [0.717, 1.165) is 73.0 Å². The first-order valence-corrected chi connectivity index (χ1v) is 29.0. The summed E-state index contributed by atoms with van der Waals surface area (Å²) in [4.78, 5) is 49.0. The fraction of sp³-hybridized carbons (Fsp3) is 0.680. The molecule has 6 aliphatic rings. The van der Waals surface area contributed by atoms with E-state index in [4.69, 9.17) is 14.6 Å². The minimum atomic E-state index is -0.913. The summed E-state index contributed by atoms with van der Waals surface area (Å²) in [5.41, 5.74) is 1.65. The predicted octanol–water partition coefficient (Wildman–Crippen LogP) is 6.68. The number of carboxylic acids is 2. The van der Waals surface area contributed by atoms with Crippen molar-refractivity contribution in [1.29, 1.82) is 0 Å². The van der Waals surface area contributed by atoms with E-state index in [2.05, 4.69) is 19.0 Å². The molecule has 368 valence electrons. The Kier molecular flexibility index (Phi) is 24.4. The van der Waals surface area contributed by atoms with Gasteiger partial charge in [0.25, 0.3) is 0 Å². The lowest BCUT2D eigenvalue weighted by Crippen LogP contribution is -3.15. The van der Waals surface area contributed by atoms with Gasteiger partial charge in [0, 0.05) is 72.2 Å². The fourth-order valence-electron chi connectivity index (χ4n) is 10.00. The third-order valence-electron chi connectivity index (χ3n) is 14.0. The summed E-state index contributed by atoms with van der Waals surface area (Å²) in [6, 6.07) is 21.1. The highest BCUT2D eigenvalue weighted by atomic mass is 33.1. The normalized spacial score (nSPS) is 28.3. The largest absolute Gasteiger partial charge is 0.550 e. The van der Waals surface area contributed by atoms with Crippen LogP contribution in [0.3, 0.4) is 0 Å². The first kappa shape index (κ1) is 54.5. The van der Waals surface area contributed by atoms with Crippen molar-refractivity contribution in [3.05, 3.63) is 71.8 Å². The van der Waals surface area contributed by atoms with E-state index in [9.17, 15) is 34.5 Å². The summed E-state index contributed by atoms with van der Waals surface area (Å²) in [6.45, 7) is -0.407. The summed E-state index contributed by atoms with van der Waals surface area (Å²) < 4.78 is 11.4. The molecular formula is C50H74N2O10S4. The molecule has 11 atom stereocenters. The maximum Gasteiger partial charge on any atom is 0.316 e. The number of carbonyl (C=O) groups is 4. The Bertz CT molecular complexity index is 1580. The van der Waals surface area contributed by atoms with E-state index < -0.39 is 23.8 Å². The van der Waals surface area contributed by atoms with Crippen LogP contribution >= 0.6 is 43.2 Å². The Morgan fingerprint density at radius 3 is 1.50 bits per heavy atom. The number of carboxylic acid groups (broad SMARTS) is 2. The van der Waals surface area contributed by atoms with Gasteiger partial charge in [0.2, 0.25) is 0 Å². The van der Waals surface area contributed by atoms with Gasteiger partial charge in [-0.15, -0.1) is 0 Å². The number of rotatable bonds is 18. The van der Waals surface area contributed by atoms with Crippen molar-refractivity contribution in [2.45, 2.75) is 174 Å². The van der Waals surface area contributed by atoms with Gasteiger partial charge in [-0.05, 0) is 88.8 Å². The van der Waals surface area contributed by atoms with Gasteiger partial charge in [-0.3, -0.25) is 14.4 Å².